The lowest BCUT2D eigenvalue weighted by molar-refractivity contribution is -0.126. The van der Waals surface area contributed by atoms with Gasteiger partial charge in [-0.1, -0.05) is 18.7 Å². The number of amides is 1. The second-order valence-electron chi connectivity index (χ2n) is 3.18. The summed E-state index contributed by atoms with van der Waals surface area (Å²) in [6.45, 7) is 3.62. The van der Waals surface area contributed by atoms with Gasteiger partial charge in [0.1, 0.15) is 12.4 Å². The van der Waals surface area contributed by atoms with Crippen LogP contribution in [0.5, 0.6) is 0 Å². The number of hydrogen-bond acceptors (Lipinski definition) is 2. The molecule has 0 aliphatic carbocycles. The Morgan fingerprint density at radius 2 is 2.12 bits per heavy atom. The molecule has 1 aromatic rings. The van der Waals surface area contributed by atoms with E-state index < -0.39 is 0 Å². The van der Waals surface area contributed by atoms with Gasteiger partial charge in [0.05, 0.1) is 6.07 Å². The summed E-state index contributed by atoms with van der Waals surface area (Å²) < 4.78 is 12.6. The number of benzene rings is 1. The summed E-state index contributed by atoms with van der Waals surface area (Å²) in [5.74, 6) is -0.642. The van der Waals surface area contributed by atoms with E-state index in [0.29, 0.717) is 0 Å². The van der Waals surface area contributed by atoms with Gasteiger partial charge in [0.2, 0.25) is 5.91 Å². The van der Waals surface area contributed by atoms with E-state index in [1.54, 1.807) is 12.1 Å². The normalized spacial score (nSPS) is 9.25. The second kappa shape index (κ2) is 5.66. The predicted octanol–water partition coefficient (Wildman–Crippen LogP) is 1.86. The third kappa shape index (κ3) is 3.21. The molecule has 0 aliphatic rings. The van der Waals surface area contributed by atoms with Crippen LogP contribution in [0.15, 0.2) is 36.9 Å². The predicted molar refractivity (Wildman–Crippen MR) is 57.6 cm³/mol. The summed E-state index contributed by atoms with van der Waals surface area (Å²) >= 11 is 0. The van der Waals surface area contributed by atoms with Crippen molar-refractivity contribution in [1.29, 1.82) is 5.26 Å². The van der Waals surface area contributed by atoms with Crippen molar-refractivity contribution in [2.75, 3.05) is 6.54 Å². The van der Waals surface area contributed by atoms with E-state index >= 15 is 0 Å². The number of carbonyl (C=O) groups excluding carboxylic acids is 1. The standard InChI is InChI=1S/C12H11FN2O/c1-2-12(16)15(8-7-14)9-10-3-5-11(13)6-4-10/h2-6H,1,8-9H2. The van der Waals surface area contributed by atoms with E-state index in [1.807, 2.05) is 6.07 Å². The summed E-state index contributed by atoms with van der Waals surface area (Å²) in [7, 11) is 0. The quantitative estimate of drug-likeness (QED) is 0.572. The molecule has 0 spiro atoms. The Labute approximate surface area is 93.4 Å². The molecule has 1 amide bonds. The average molecular weight is 218 g/mol. The number of rotatable bonds is 4. The fourth-order valence-corrected chi connectivity index (χ4v) is 1.24. The van der Waals surface area contributed by atoms with E-state index in [0.717, 1.165) is 11.6 Å². The maximum Gasteiger partial charge on any atom is 0.247 e. The maximum atomic E-state index is 12.6. The molecule has 0 saturated heterocycles. The lowest BCUT2D eigenvalue weighted by atomic mass is 10.2. The highest BCUT2D eigenvalue weighted by molar-refractivity contribution is 5.87. The van der Waals surface area contributed by atoms with Gasteiger partial charge in [-0.3, -0.25) is 4.79 Å². The van der Waals surface area contributed by atoms with Crippen LogP contribution in [0.1, 0.15) is 5.56 Å². The topological polar surface area (TPSA) is 44.1 Å². The zero-order chi connectivity index (χ0) is 12.0. The van der Waals surface area contributed by atoms with Crippen molar-refractivity contribution < 1.29 is 9.18 Å². The Kier molecular flexibility index (Phi) is 4.22. The monoisotopic (exact) mass is 218 g/mol. The van der Waals surface area contributed by atoms with Crippen molar-refractivity contribution >= 4 is 5.91 Å². The van der Waals surface area contributed by atoms with Crippen molar-refractivity contribution in [3.05, 3.63) is 48.3 Å². The van der Waals surface area contributed by atoms with Crippen molar-refractivity contribution in [2.24, 2.45) is 0 Å². The van der Waals surface area contributed by atoms with Gasteiger partial charge in [-0.15, -0.1) is 0 Å². The van der Waals surface area contributed by atoms with Gasteiger partial charge in [0.25, 0.3) is 0 Å². The molecule has 3 nitrogen and oxygen atoms in total. The summed E-state index contributed by atoms with van der Waals surface area (Å²) in [5.41, 5.74) is 0.770. The summed E-state index contributed by atoms with van der Waals surface area (Å²) in [6, 6.07) is 7.69. The Bertz CT molecular complexity index is 420. The Morgan fingerprint density at radius 1 is 1.50 bits per heavy atom. The smallest absolute Gasteiger partial charge is 0.247 e. The van der Waals surface area contributed by atoms with Crippen LogP contribution in [0.25, 0.3) is 0 Å². The Balaban J connectivity index is 2.75. The minimum absolute atomic E-state index is 0.0117. The minimum Gasteiger partial charge on any atom is -0.322 e. The summed E-state index contributed by atoms with van der Waals surface area (Å²) in [6.07, 6.45) is 1.15. The number of nitrogens with zero attached hydrogens (tertiary/aromatic N) is 2. The van der Waals surface area contributed by atoms with Crippen LogP contribution in [-0.4, -0.2) is 17.4 Å². The molecule has 0 aromatic heterocycles. The molecule has 0 N–H and O–H groups in total. The first-order valence-corrected chi connectivity index (χ1v) is 4.70. The number of carbonyl (C=O) groups is 1. The molecule has 4 heteroatoms. The third-order valence-corrected chi connectivity index (χ3v) is 2.03. The van der Waals surface area contributed by atoms with Gasteiger partial charge in [0.15, 0.2) is 0 Å². The van der Waals surface area contributed by atoms with Gasteiger partial charge in [-0.25, -0.2) is 4.39 Å². The molecule has 82 valence electrons. The zero-order valence-corrected chi connectivity index (χ0v) is 8.69. The molecule has 0 aliphatic heterocycles. The first kappa shape index (κ1) is 11.9. The van der Waals surface area contributed by atoms with Crippen molar-refractivity contribution in [2.45, 2.75) is 6.54 Å². The van der Waals surface area contributed by atoms with E-state index in [4.69, 9.17) is 5.26 Å². The highest BCUT2D eigenvalue weighted by Gasteiger charge is 2.09. The molecule has 0 fully saturated rings. The molecule has 0 bridgehead atoms. The van der Waals surface area contributed by atoms with Gasteiger partial charge < -0.3 is 4.90 Å². The van der Waals surface area contributed by atoms with Crippen molar-refractivity contribution in [3.63, 3.8) is 0 Å². The van der Waals surface area contributed by atoms with Gasteiger partial charge in [0, 0.05) is 6.54 Å². The van der Waals surface area contributed by atoms with Crippen LogP contribution in [0, 0.1) is 17.1 Å². The third-order valence-electron chi connectivity index (χ3n) is 2.03. The van der Waals surface area contributed by atoms with Crippen molar-refractivity contribution in [3.8, 4) is 6.07 Å². The minimum atomic E-state index is -0.328. The SMILES string of the molecule is C=CC(=O)N(CC#N)Cc1ccc(F)cc1. The molecule has 16 heavy (non-hydrogen) atoms. The maximum absolute atomic E-state index is 12.6. The molecule has 0 heterocycles. The first-order chi connectivity index (χ1) is 7.67. The fraction of sp³-hybridized carbons (Fsp3) is 0.167. The molecular weight excluding hydrogens is 207 g/mol. The number of halogens is 1. The Morgan fingerprint density at radius 3 is 2.62 bits per heavy atom. The van der Waals surface area contributed by atoms with Crippen LogP contribution in [0.2, 0.25) is 0 Å². The van der Waals surface area contributed by atoms with Crippen LogP contribution in [-0.2, 0) is 11.3 Å². The van der Waals surface area contributed by atoms with Crippen molar-refractivity contribution in [1.82, 2.24) is 4.90 Å². The van der Waals surface area contributed by atoms with Gasteiger partial charge in [-0.05, 0) is 23.8 Å². The lowest BCUT2D eigenvalue weighted by Crippen LogP contribution is -2.29. The highest BCUT2D eigenvalue weighted by atomic mass is 19.1. The first-order valence-electron chi connectivity index (χ1n) is 4.70. The zero-order valence-electron chi connectivity index (χ0n) is 8.69. The van der Waals surface area contributed by atoms with E-state index in [-0.39, 0.29) is 24.8 Å². The average Bonchev–Trinajstić information content (AvgIpc) is 2.30. The lowest BCUT2D eigenvalue weighted by Gasteiger charge is -2.17. The second-order valence-corrected chi connectivity index (χ2v) is 3.18. The van der Waals surface area contributed by atoms with E-state index in [9.17, 15) is 9.18 Å². The molecule has 0 atom stereocenters. The van der Waals surface area contributed by atoms with E-state index in [1.165, 1.54) is 17.0 Å². The van der Waals surface area contributed by atoms with Crippen LogP contribution in [0.4, 0.5) is 4.39 Å². The molecule has 1 aromatic carbocycles. The Hall–Kier alpha value is -2.15. The molecular formula is C12H11FN2O. The fourth-order valence-electron chi connectivity index (χ4n) is 1.24. The largest absolute Gasteiger partial charge is 0.322 e. The van der Waals surface area contributed by atoms with E-state index in [2.05, 4.69) is 6.58 Å². The van der Waals surface area contributed by atoms with Gasteiger partial charge >= 0.3 is 0 Å². The van der Waals surface area contributed by atoms with Crippen LogP contribution >= 0.6 is 0 Å². The highest BCUT2D eigenvalue weighted by Crippen LogP contribution is 2.06. The molecule has 0 unspecified atom stereocenters. The summed E-state index contributed by atoms with van der Waals surface area (Å²) in [4.78, 5) is 12.7. The molecule has 0 saturated carbocycles. The van der Waals surface area contributed by atoms with Gasteiger partial charge in [-0.2, -0.15) is 5.26 Å². The molecule has 0 radical (unpaired) electrons. The van der Waals surface area contributed by atoms with Crippen LogP contribution < -0.4 is 0 Å². The molecule has 1 rings (SSSR count). The van der Waals surface area contributed by atoms with Crippen LogP contribution in [0.3, 0.4) is 0 Å². The number of hydrogen-bond donors (Lipinski definition) is 0. The summed E-state index contributed by atoms with van der Waals surface area (Å²) in [5, 5.41) is 8.57. The number of nitriles is 1.